The third kappa shape index (κ3) is 1.46. The lowest BCUT2D eigenvalue weighted by Gasteiger charge is -2.44. The van der Waals surface area contributed by atoms with Crippen LogP contribution in [0.3, 0.4) is 0 Å². The quantitative estimate of drug-likeness (QED) is 0.529. The Balaban J connectivity index is 2.40. The molecule has 2 heterocycles. The summed E-state index contributed by atoms with van der Waals surface area (Å²) in [5.41, 5.74) is 0. The highest BCUT2D eigenvalue weighted by Gasteiger charge is 2.68. The Morgan fingerprint density at radius 1 is 1.56 bits per heavy atom. The Kier molecular flexibility index (Phi) is 3.02. The molecule has 2 aliphatic rings. The van der Waals surface area contributed by atoms with Crippen LogP contribution in [0.25, 0.3) is 0 Å². The SMILES string of the molecule is COC(=O)[C@@H]1N2C(=O)[C@H](C(C)O)[C@H]2S(=O)C1(C)C. The van der Waals surface area contributed by atoms with E-state index in [-0.39, 0.29) is 5.91 Å². The van der Waals surface area contributed by atoms with Crippen molar-refractivity contribution in [1.82, 2.24) is 4.90 Å². The highest BCUT2D eigenvalue weighted by Crippen LogP contribution is 2.47. The van der Waals surface area contributed by atoms with Crippen molar-refractivity contribution in [3.63, 3.8) is 0 Å². The summed E-state index contributed by atoms with van der Waals surface area (Å²) in [6.45, 7) is 4.85. The molecule has 1 N–H and O–H groups in total. The summed E-state index contributed by atoms with van der Waals surface area (Å²) in [7, 11) is -0.159. The van der Waals surface area contributed by atoms with Crippen LogP contribution in [-0.2, 0) is 25.1 Å². The Morgan fingerprint density at radius 3 is 2.56 bits per heavy atom. The number of carbonyl (C=O) groups is 2. The standard InChI is InChI=1S/C11H17NO5S/c1-5(13)6-8(14)12-7(10(15)17-4)11(2,3)18(16)9(6)12/h5-7,9,13H,1-4H3/t5?,6-,7-,9+,18?/m0/s1. The summed E-state index contributed by atoms with van der Waals surface area (Å²) >= 11 is 0. The van der Waals surface area contributed by atoms with Crippen molar-refractivity contribution < 1.29 is 23.6 Å². The van der Waals surface area contributed by atoms with Crippen LogP contribution in [0.1, 0.15) is 20.8 Å². The average Bonchev–Trinajstić information content (AvgIpc) is 2.45. The summed E-state index contributed by atoms with van der Waals surface area (Å²) in [6.07, 6.45) is -0.866. The number of β-lactam (4-membered cyclic amide) rings is 1. The largest absolute Gasteiger partial charge is 0.467 e. The maximum atomic E-state index is 12.4. The van der Waals surface area contributed by atoms with Gasteiger partial charge in [-0.2, -0.15) is 0 Å². The van der Waals surface area contributed by atoms with E-state index in [9.17, 15) is 18.9 Å². The summed E-state index contributed by atoms with van der Waals surface area (Å²) in [5.74, 6) is -1.57. The number of amides is 1. The molecule has 0 saturated carbocycles. The number of methoxy groups -OCH3 is 1. The number of hydrogen-bond acceptors (Lipinski definition) is 5. The number of esters is 1. The molecule has 2 aliphatic heterocycles. The zero-order valence-electron chi connectivity index (χ0n) is 10.7. The smallest absolute Gasteiger partial charge is 0.330 e. The fraction of sp³-hybridized carbons (Fsp3) is 0.818. The summed E-state index contributed by atoms with van der Waals surface area (Å²) in [4.78, 5) is 25.1. The van der Waals surface area contributed by atoms with Gasteiger partial charge in [-0.05, 0) is 20.8 Å². The predicted octanol–water partition coefficient (Wildman–Crippen LogP) is -0.766. The number of aliphatic hydroxyl groups excluding tert-OH is 1. The lowest BCUT2D eigenvalue weighted by molar-refractivity contribution is -0.169. The topological polar surface area (TPSA) is 83.9 Å². The van der Waals surface area contributed by atoms with Gasteiger partial charge in [-0.15, -0.1) is 0 Å². The maximum absolute atomic E-state index is 12.4. The van der Waals surface area contributed by atoms with E-state index in [4.69, 9.17) is 0 Å². The number of nitrogens with zero attached hydrogens (tertiary/aromatic N) is 1. The molecule has 7 heteroatoms. The van der Waals surface area contributed by atoms with Crippen molar-refractivity contribution in [1.29, 1.82) is 0 Å². The van der Waals surface area contributed by atoms with Crippen LogP contribution in [0.5, 0.6) is 0 Å². The number of aliphatic hydroxyl groups is 1. The van der Waals surface area contributed by atoms with Crippen LogP contribution in [0.2, 0.25) is 0 Å². The molecule has 0 radical (unpaired) electrons. The van der Waals surface area contributed by atoms with E-state index in [0.29, 0.717) is 0 Å². The molecule has 2 saturated heterocycles. The molecule has 2 rings (SSSR count). The van der Waals surface area contributed by atoms with Crippen molar-refractivity contribution >= 4 is 22.7 Å². The highest BCUT2D eigenvalue weighted by molar-refractivity contribution is 7.87. The van der Waals surface area contributed by atoms with Crippen LogP contribution in [0, 0.1) is 5.92 Å². The van der Waals surface area contributed by atoms with Gasteiger partial charge in [0.2, 0.25) is 5.91 Å². The molecule has 0 aromatic carbocycles. The monoisotopic (exact) mass is 275 g/mol. The van der Waals surface area contributed by atoms with E-state index in [1.165, 1.54) is 18.9 Å². The minimum atomic E-state index is -1.40. The van der Waals surface area contributed by atoms with E-state index in [0.717, 1.165) is 0 Å². The Bertz CT molecular complexity index is 433. The van der Waals surface area contributed by atoms with E-state index in [1.54, 1.807) is 13.8 Å². The van der Waals surface area contributed by atoms with Crippen LogP contribution in [-0.4, -0.2) is 55.5 Å². The van der Waals surface area contributed by atoms with Crippen LogP contribution in [0.15, 0.2) is 0 Å². The fourth-order valence-corrected chi connectivity index (χ4v) is 4.82. The van der Waals surface area contributed by atoms with Crippen molar-refractivity contribution in [3.05, 3.63) is 0 Å². The van der Waals surface area contributed by atoms with E-state index in [1.807, 2.05) is 0 Å². The highest BCUT2D eigenvalue weighted by atomic mass is 32.2. The number of fused-ring (bicyclic) bond motifs is 1. The average molecular weight is 275 g/mol. The number of rotatable bonds is 2. The van der Waals surface area contributed by atoms with E-state index >= 15 is 0 Å². The Hall–Kier alpha value is -0.950. The molecule has 2 fully saturated rings. The predicted molar refractivity (Wildman–Crippen MR) is 63.8 cm³/mol. The van der Waals surface area contributed by atoms with Crippen LogP contribution in [0.4, 0.5) is 0 Å². The second-order valence-corrected chi connectivity index (χ2v) is 7.36. The van der Waals surface area contributed by atoms with Gasteiger partial charge in [0, 0.05) is 0 Å². The molecule has 5 atom stereocenters. The summed E-state index contributed by atoms with van der Waals surface area (Å²) in [6, 6.07) is -0.837. The zero-order chi connectivity index (χ0) is 13.8. The number of carbonyl (C=O) groups excluding carboxylic acids is 2. The minimum absolute atomic E-state index is 0.329. The van der Waals surface area contributed by atoms with Crippen molar-refractivity contribution in [2.24, 2.45) is 5.92 Å². The van der Waals surface area contributed by atoms with Gasteiger partial charge in [0.1, 0.15) is 11.4 Å². The number of hydrogen-bond donors (Lipinski definition) is 1. The minimum Gasteiger partial charge on any atom is -0.467 e. The van der Waals surface area contributed by atoms with Crippen molar-refractivity contribution in [3.8, 4) is 0 Å². The fourth-order valence-electron chi connectivity index (χ4n) is 2.73. The molecule has 102 valence electrons. The maximum Gasteiger partial charge on any atom is 0.330 e. The first-order valence-electron chi connectivity index (χ1n) is 5.74. The molecular weight excluding hydrogens is 258 g/mol. The Labute approximate surface area is 108 Å². The third-order valence-electron chi connectivity index (χ3n) is 3.74. The van der Waals surface area contributed by atoms with Gasteiger partial charge in [-0.1, -0.05) is 0 Å². The molecule has 18 heavy (non-hydrogen) atoms. The summed E-state index contributed by atoms with van der Waals surface area (Å²) in [5, 5.41) is 8.98. The molecular formula is C11H17NO5S. The second kappa shape index (κ2) is 4.03. The van der Waals surface area contributed by atoms with E-state index < -0.39 is 45.0 Å². The molecule has 0 aliphatic carbocycles. The van der Waals surface area contributed by atoms with Gasteiger partial charge in [-0.3, -0.25) is 9.00 Å². The van der Waals surface area contributed by atoms with Gasteiger partial charge in [0.15, 0.2) is 0 Å². The summed E-state index contributed by atoms with van der Waals surface area (Å²) < 4.78 is 16.2. The third-order valence-corrected chi connectivity index (χ3v) is 5.96. The lowest BCUT2D eigenvalue weighted by atomic mass is 9.88. The molecule has 2 unspecified atom stereocenters. The van der Waals surface area contributed by atoms with Gasteiger partial charge in [0.25, 0.3) is 0 Å². The molecule has 6 nitrogen and oxygen atoms in total. The normalized spacial score (nSPS) is 38.9. The first-order chi connectivity index (χ1) is 8.25. The van der Waals surface area contributed by atoms with Crippen LogP contribution < -0.4 is 0 Å². The van der Waals surface area contributed by atoms with Crippen LogP contribution >= 0.6 is 0 Å². The van der Waals surface area contributed by atoms with E-state index in [2.05, 4.69) is 4.74 Å². The molecule has 0 aromatic heterocycles. The van der Waals surface area contributed by atoms with Gasteiger partial charge >= 0.3 is 5.97 Å². The van der Waals surface area contributed by atoms with Gasteiger partial charge in [0.05, 0.1) is 34.7 Å². The van der Waals surface area contributed by atoms with Gasteiger partial charge < -0.3 is 14.7 Å². The first-order valence-corrected chi connectivity index (χ1v) is 6.95. The lowest BCUT2D eigenvalue weighted by Crippen LogP contribution is -2.65. The van der Waals surface area contributed by atoms with Gasteiger partial charge in [-0.25, -0.2) is 4.79 Å². The first kappa shape index (κ1) is 13.5. The van der Waals surface area contributed by atoms with Crippen molar-refractivity contribution in [2.45, 2.75) is 43.0 Å². The number of ether oxygens (including phenoxy) is 1. The second-order valence-electron chi connectivity index (χ2n) is 5.23. The molecule has 0 spiro atoms. The zero-order valence-corrected chi connectivity index (χ0v) is 11.6. The molecule has 1 amide bonds. The molecule has 0 aromatic rings. The molecule has 0 bridgehead atoms. The Morgan fingerprint density at radius 2 is 2.11 bits per heavy atom. The van der Waals surface area contributed by atoms with Crippen molar-refractivity contribution in [2.75, 3.05) is 7.11 Å².